The summed E-state index contributed by atoms with van der Waals surface area (Å²) in [5, 5.41) is 9.43. The van der Waals surface area contributed by atoms with E-state index in [1.807, 2.05) is 0 Å². The fourth-order valence-corrected chi connectivity index (χ4v) is 2.03. The third-order valence-corrected chi connectivity index (χ3v) is 2.88. The SMILES string of the molecule is O=c1c2[nH]c3ccc(F)cc3c2ncn1CCO. The second kappa shape index (κ2) is 3.92. The van der Waals surface area contributed by atoms with Crippen molar-refractivity contribution in [1.29, 1.82) is 0 Å². The van der Waals surface area contributed by atoms with Crippen LogP contribution in [-0.4, -0.2) is 26.2 Å². The Morgan fingerprint density at radius 3 is 3.06 bits per heavy atom. The first kappa shape index (κ1) is 10.9. The number of hydrogen-bond acceptors (Lipinski definition) is 3. The van der Waals surface area contributed by atoms with Crippen LogP contribution in [-0.2, 0) is 6.54 Å². The highest BCUT2D eigenvalue weighted by molar-refractivity contribution is 6.04. The van der Waals surface area contributed by atoms with E-state index in [4.69, 9.17) is 5.11 Å². The van der Waals surface area contributed by atoms with Gasteiger partial charge in [0.1, 0.15) is 16.9 Å². The molecule has 0 fully saturated rings. The Kier molecular flexibility index (Phi) is 2.38. The molecule has 0 aliphatic carbocycles. The molecule has 0 bridgehead atoms. The van der Waals surface area contributed by atoms with Gasteiger partial charge in [0.2, 0.25) is 0 Å². The van der Waals surface area contributed by atoms with Crippen LogP contribution in [0.15, 0.2) is 29.3 Å². The predicted octanol–water partition coefficient (Wildman–Crippen LogP) is 1.01. The predicted molar refractivity (Wildman–Crippen MR) is 64.9 cm³/mol. The molecule has 0 aliphatic heterocycles. The molecule has 0 spiro atoms. The van der Waals surface area contributed by atoms with Crippen molar-refractivity contribution in [3.8, 4) is 0 Å². The van der Waals surface area contributed by atoms with Crippen LogP contribution < -0.4 is 5.56 Å². The third kappa shape index (κ3) is 1.50. The van der Waals surface area contributed by atoms with Crippen molar-refractivity contribution in [3.05, 3.63) is 40.7 Å². The van der Waals surface area contributed by atoms with Crippen molar-refractivity contribution in [2.24, 2.45) is 0 Å². The van der Waals surface area contributed by atoms with Crippen molar-refractivity contribution in [1.82, 2.24) is 14.5 Å². The monoisotopic (exact) mass is 247 g/mol. The quantitative estimate of drug-likeness (QED) is 0.710. The lowest BCUT2D eigenvalue weighted by molar-refractivity contribution is 0.274. The van der Waals surface area contributed by atoms with Crippen LogP contribution in [0.1, 0.15) is 0 Å². The smallest absolute Gasteiger partial charge is 0.277 e. The number of aliphatic hydroxyl groups excluding tert-OH is 1. The molecule has 3 aromatic rings. The summed E-state index contributed by atoms with van der Waals surface area (Å²) in [7, 11) is 0. The summed E-state index contributed by atoms with van der Waals surface area (Å²) in [6.07, 6.45) is 1.36. The molecule has 0 unspecified atom stereocenters. The summed E-state index contributed by atoms with van der Waals surface area (Å²) in [5.41, 5.74) is 1.17. The van der Waals surface area contributed by atoms with Gasteiger partial charge in [-0.15, -0.1) is 0 Å². The van der Waals surface area contributed by atoms with Crippen LogP contribution in [0.4, 0.5) is 4.39 Å². The average molecular weight is 247 g/mol. The van der Waals surface area contributed by atoms with Crippen molar-refractivity contribution in [3.63, 3.8) is 0 Å². The third-order valence-electron chi connectivity index (χ3n) is 2.88. The molecule has 92 valence electrons. The number of aliphatic hydroxyl groups is 1. The van der Waals surface area contributed by atoms with Crippen LogP contribution in [0.25, 0.3) is 21.9 Å². The van der Waals surface area contributed by atoms with Gasteiger partial charge in [-0.25, -0.2) is 9.37 Å². The van der Waals surface area contributed by atoms with Gasteiger partial charge in [0, 0.05) is 10.9 Å². The zero-order chi connectivity index (χ0) is 12.7. The molecule has 6 heteroatoms. The molecule has 18 heavy (non-hydrogen) atoms. The van der Waals surface area contributed by atoms with Gasteiger partial charge in [-0.1, -0.05) is 0 Å². The minimum absolute atomic E-state index is 0.137. The lowest BCUT2D eigenvalue weighted by Gasteiger charge is -2.01. The molecule has 0 saturated heterocycles. The first-order valence-electron chi connectivity index (χ1n) is 5.48. The highest BCUT2D eigenvalue weighted by atomic mass is 19.1. The van der Waals surface area contributed by atoms with E-state index in [2.05, 4.69) is 9.97 Å². The topological polar surface area (TPSA) is 70.9 Å². The summed E-state index contributed by atoms with van der Waals surface area (Å²) in [5.74, 6) is -0.371. The number of fused-ring (bicyclic) bond motifs is 3. The normalized spacial score (nSPS) is 11.4. The van der Waals surface area contributed by atoms with Crippen molar-refractivity contribution in [2.75, 3.05) is 6.61 Å². The minimum atomic E-state index is -0.371. The van der Waals surface area contributed by atoms with Gasteiger partial charge in [-0.3, -0.25) is 9.36 Å². The van der Waals surface area contributed by atoms with E-state index < -0.39 is 0 Å². The number of aromatic nitrogens is 3. The maximum absolute atomic E-state index is 13.2. The molecule has 0 atom stereocenters. The van der Waals surface area contributed by atoms with Crippen LogP contribution in [0.3, 0.4) is 0 Å². The molecule has 0 saturated carbocycles. The fourth-order valence-electron chi connectivity index (χ4n) is 2.03. The molecule has 5 nitrogen and oxygen atoms in total. The van der Waals surface area contributed by atoms with Crippen LogP contribution >= 0.6 is 0 Å². The van der Waals surface area contributed by atoms with Crippen molar-refractivity contribution in [2.45, 2.75) is 6.54 Å². The Labute approximate surface area is 101 Å². The van der Waals surface area contributed by atoms with Gasteiger partial charge in [0.25, 0.3) is 5.56 Å². The molecular weight excluding hydrogens is 237 g/mol. The standard InChI is InChI=1S/C12H10FN3O2/c13-7-1-2-9-8(5-7)10-11(15-9)12(18)16(3-4-17)6-14-10/h1-2,5-6,15,17H,3-4H2. The maximum Gasteiger partial charge on any atom is 0.277 e. The lowest BCUT2D eigenvalue weighted by atomic mass is 10.2. The Morgan fingerprint density at radius 1 is 1.44 bits per heavy atom. The zero-order valence-electron chi connectivity index (χ0n) is 9.35. The van der Waals surface area contributed by atoms with Crippen LogP contribution in [0, 0.1) is 5.82 Å². The number of H-pyrrole nitrogens is 1. The molecule has 3 rings (SSSR count). The van der Waals surface area contributed by atoms with Gasteiger partial charge in [0.15, 0.2) is 0 Å². The highest BCUT2D eigenvalue weighted by Gasteiger charge is 2.11. The zero-order valence-corrected chi connectivity index (χ0v) is 9.35. The van der Waals surface area contributed by atoms with Crippen LogP contribution in [0.2, 0.25) is 0 Å². The Morgan fingerprint density at radius 2 is 2.28 bits per heavy atom. The van der Waals surface area contributed by atoms with Crippen molar-refractivity contribution >= 4 is 21.9 Å². The van der Waals surface area contributed by atoms with Crippen LogP contribution in [0.5, 0.6) is 0 Å². The average Bonchev–Trinajstić information content (AvgIpc) is 2.72. The number of rotatable bonds is 2. The molecule has 0 aliphatic rings. The second-order valence-corrected chi connectivity index (χ2v) is 4.01. The largest absolute Gasteiger partial charge is 0.395 e. The number of nitrogens with one attached hydrogen (secondary N) is 1. The van der Waals surface area contributed by atoms with E-state index >= 15 is 0 Å². The molecule has 2 heterocycles. The Bertz CT molecular complexity index is 791. The summed E-state index contributed by atoms with van der Waals surface area (Å²) in [4.78, 5) is 19.1. The van der Waals surface area contributed by atoms with Gasteiger partial charge < -0.3 is 10.1 Å². The molecule has 0 radical (unpaired) electrons. The first-order valence-corrected chi connectivity index (χ1v) is 5.48. The number of benzene rings is 1. The van der Waals surface area contributed by atoms with E-state index in [1.54, 1.807) is 6.07 Å². The minimum Gasteiger partial charge on any atom is -0.395 e. The summed E-state index contributed by atoms with van der Waals surface area (Å²) < 4.78 is 14.5. The number of nitrogens with zero attached hydrogens (tertiary/aromatic N) is 2. The summed E-state index contributed by atoms with van der Waals surface area (Å²) in [6.45, 7) is 0.0491. The van der Waals surface area contributed by atoms with Gasteiger partial charge in [-0.05, 0) is 18.2 Å². The molecule has 2 N–H and O–H groups in total. The number of hydrogen-bond donors (Lipinski definition) is 2. The molecule has 1 aromatic carbocycles. The maximum atomic E-state index is 13.2. The highest BCUT2D eigenvalue weighted by Crippen LogP contribution is 2.21. The summed E-state index contributed by atoms with van der Waals surface area (Å²) >= 11 is 0. The molecule has 2 aromatic heterocycles. The second-order valence-electron chi connectivity index (χ2n) is 4.01. The van der Waals surface area contributed by atoms with E-state index in [0.717, 1.165) is 0 Å². The Balaban J connectivity index is 2.40. The molecule has 0 amide bonds. The fraction of sp³-hybridized carbons (Fsp3) is 0.167. The van der Waals surface area contributed by atoms with E-state index in [-0.39, 0.29) is 24.5 Å². The van der Waals surface area contributed by atoms with Gasteiger partial charge in [0.05, 0.1) is 19.5 Å². The van der Waals surface area contributed by atoms with E-state index in [9.17, 15) is 9.18 Å². The summed E-state index contributed by atoms with van der Waals surface area (Å²) in [6, 6.07) is 4.24. The number of halogens is 1. The van der Waals surface area contributed by atoms with Gasteiger partial charge >= 0.3 is 0 Å². The van der Waals surface area contributed by atoms with E-state index in [0.29, 0.717) is 21.9 Å². The van der Waals surface area contributed by atoms with Crippen molar-refractivity contribution < 1.29 is 9.50 Å². The molecular formula is C12H10FN3O2. The first-order chi connectivity index (χ1) is 8.70. The van der Waals surface area contributed by atoms with E-state index in [1.165, 1.54) is 23.0 Å². The Hall–Kier alpha value is -2.21. The lowest BCUT2D eigenvalue weighted by Crippen LogP contribution is -2.22. The van der Waals surface area contributed by atoms with Gasteiger partial charge in [-0.2, -0.15) is 0 Å². The number of aromatic amines is 1.